The van der Waals surface area contributed by atoms with Gasteiger partial charge in [-0.05, 0) is 75.3 Å². The monoisotopic (exact) mass is 487 g/mol. The van der Waals surface area contributed by atoms with Gasteiger partial charge in [0, 0.05) is 17.1 Å². The fourth-order valence-electron chi connectivity index (χ4n) is 4.41. The van der Waals surface area contributed by atoms with Gasteiger partial charge in [0.15, 0.2) is 0 Å². The summed E-state index contributed by atoms with van der Waals surface area (Å²) >= 11 is 0. The van der Waals surface area contributed by atoms with Gasteiger partial charge in [0.25, 0.3) is 0 Å². The highest BCUT2D eigenvalue weighted by Crippen LogP contribution is 2.36. The Labute approximate surface area is 217 Å². The maximum absolute atomic E-state index is 9.50. The number of hydrogen-bond donors (Lipinski definition) is 3. The van der Waals surface area contributed by atoms with E-state index in [9.17, 15) is 15.3 Å². The van der Waals surface area contributed by atoms with Crippen molar-refractivity contribution in [1.82, 2.24) is 0 Å². The quantitative estimate of drug-likeness (QED) is 0.221. The van der Waals surface area contributed by atoms with Gasteiger partial charge in [0.05, 0.1) is 19.8 Å². The number of aliphatic hydroxyl groups is 3. The Morgan fingerprint density at radius 2 is 0.541 bits per heavy atom. The van der Waals surface area contributed by atoms with Crippen LogP contribution < -0.4 is 4.90 Å². The second kappa shape index (κ2) is 11.2. The molecule has 3 N–H and O–H groups in total. The third kappa shape index (κ3) is 5.47. The second-order valence-electron chi connectivity index (χ2n) is 8.96. The molecule has 5 aromatic carbocycles. The van der Waals surface area contributed by atoms with Crippen molar-refractivity contribution in [1.29, 1.82) is 0 Å². The number of benzene rings is 5. The van der Waals surface area contributed by atoms with Crippen molar-refractivity contribution in [2.24, 2.45) is 0 Å². The lowest BCUT2D eigenvalue weighted by Crippen LogP contribution is -2.10. The number of hydrogen-bond acceptors (Lipinski definition) is 4. The molecule has 0 amide bonds. The third-order valence-corrected chi connectivity index (χ3v) is 6.57. The van der Waals surface area contributed by atoms with E-state index in [-0.39, 0.29) is 19.8 Å². The molecule has 37 heavy (non-hydrogen) atoms. The van der Waals surface area contributed by atoms with E-state index in [2.05, 4.69) is 53.4 Å². The first-order valence-electron chi connectivity index (χ1n) is 12.3. The van der Waals surface area contributed by atoms with Crippen LogP contribution >= 0.6 is 0 Å². The Balaban J connectivity index is 1.49. The lowest BCUT2D eigenvalue weighted by Gasteiger charge is -2.26. The van der Waals surface area contributed by atoms with Crippen molar-refractivity contribution in [3.8, 4) is 22.3 Å². The van der Waals surface area contributed by atoms with Crippen LogP contribution in [0.1, 0.15) is 16.7 Å². The molecule has 5 rings (SSSR count). The molecule has 0 radical (unpaired) electrons. The van der Waals surface area contributed by atoms with Crippen LogP contribution in [0.2, 0.25) is 0 Å². The molecule has 0 unspecified atom stereocenters. The summed E-state index contributed by atoms with van der Waals surface area (Å²) in [4.78, 5) is 2.19. The van der Waals surface area contributed by atoms with Gasteiger partial charge >= 0.3 is 0 Å². The Morgan fingerprint density at radius 1 is 0.324 bits per heavy atom. The summed E-state index contributed by atoms with van der Waals surface area (Å²) in [5, 5.41) is 28.1. The highest BCUT2D eigenvalue weighted by Gasteiger charge is 2.13. The summed E-state index contributed by atoms with van der Waals surface area (Å²) in [5.74, 6) is 0. The minimum absolute atomic E-state index is 0.00775. The molecule has 0 saturated carbocycles. The van der Waals surface area contributed by atoms with Crippen molar-refractivity contribution in [2.45, 2.75) is 19.8 Å². The first-order chi connectivity index (χ1) is 18.2. The molecule has 0 fully saturated rings. The molecule has 184 valence electrons. The number of nitrogens with zero attached hydrogens (tertiary/aromatic N) is 1. The molecule has 4 heteroatoms. The van der Waals surface area contributed by atoms with Gasteiger partial charge in [-0.3, -0.25) is 0 Å². The Hall–Kier alpha value is -4.22. The average molecular weight is 488 g/mol. The fourth-order valence-corrected chi connectivity index (χ4v) is 4.41. The van der Waals surface area contributed by atoms with Crippen molar-refractivity contribution < 1.29 is 15.3 Å². The smallest absolute Gasteiger partial charge is 0.0681 e. The van der Waals surface area contributed by atoms with E-state index < -0.39 is 0 Å². The van der Waals surface area contributed by atoms with E-state index in [0.29, 0.717) is 0 Å². The maximum atomic E-state index is 9.50. The zero-order valence-electron chi connectivity index (χ0n) is 20.5. The van der Waals surface area contributed by atoms with Gasteiger partial charge < -0.3 is 20.2 Å². The fraction of sp³-hybridized carbons (Fsp3) is 0.0909. The van der Waals surface area contributed by atoms with Gasteiger partial charge in [0.1, 0.15) is 0 Å². The van der Waals surface area contributed by atoms with Crippen LogP contribution in [0, 0.1) is 0 Å². The molecular weight excluding hydrogens is 458 g/mol. The zero-order chi connectivity index (χ0) is 25.6. The van der Waals surface area contributed by atoms with Crippen molar-refractivity contribution in [3.05, 3.63) is 138 Å². The first-order valence-corrected chi connectivity index (χ1v) is 12.3. The Bertz CT molecular complexity index is 1330. The van der Waals surface area contributed by atoms with Crippen LogP contribution in [0.5, 0.6) is 0 Å². The summed E-state index contributed by atoms with van der Waals surface area (Å²) in [6.07, 6.45) is 0. The Kier molecular flexibility index (Phi) is 7.43. The van der Waals surface area contributed by atoms with Crippen LogP contribution in [0.3, 0.4) is 0 Å². The molecule has 5 aromatic rings. The molecule has 0 atom stereocenters. The molecule has 0 aliphatic rings. The number of rotatable bonds is 8. The van der Waals surface area contributed by atoms with Crippen molar-refractivity contribution in [2.75, 3.05) is 4.90 Å². The van der Waals surface area contributed by atoms with Crippen molar-refractivity contribution in [3.63, 3.8) is 0 Å². The first kappa shape index (κ1) is 24.5. The molecule has 0 spiro atoms. The molecule has 0 aliphatic carbocycles. The summed E-state index contributed by atoms with van der Waals surface area (Å²) in [6, 6.07) is 40.7. The predicted octanol–water partition coefficient (Wildman–Crippen LogP) is 6.97. The van der Waals surface area contributed by atoms with Crippen LogP contribution in [-0.2, 0) is 19.8 Å². The summed E-state index contributed by atoms with van der Waals surface area (Å²) in [6.45, 7) is 0.0832. The molecular formula is C33H29NO3. The summed E-state index contributed by atoms with van der Waals surface area (Å²) in [5.41, 5.74) is 10.1. The average Bonchev–Trinajstić information content (AvgIpc) is 2.98. The molecule has 0 saturated heterocycles. The molecule has 0 bridgehead atoms. The van der Waals surface area contributed by atoms with E-state index in [1.54, 1.807) is 0 Å². The minimum atomic E-state index is 0.00775. The van der Waals surface area contributed by atoms with Crippen molar-refractivity contribution >= 4 is 17.1 Å². The van der Waals surface area contributed by atoms with E-state index in [0.717, 1.165) is 56.0 Å². The highest BCUT2D eigenvalue weighted by atomic mass is 16.3. The zero-order valence-corrected chi connectivity index (χ0v) is 20.5. The minimum Gasteiger partial charge on any atom is -0.392 e. The summed E-state index contributed by atoms with van der Waals surface area (Å²) < 4.78 is 0. The van der Waals surface area contributed by atoms with Crippen LogP contribution in [0.15, 0.2) is 121 Å². The molecule has 0 heterocycles. The molecule has 0 aromatic heterocycles. The SMILES string of the molecule is OCc1ccc(-c2ccc(N(c3ccc(CO)cc3)c3ccc(-c4ccc(CO)cc4)cc3)cc2)cc1. The van der Waals surface area contributed by atoms with E-state index in [1.165, 1.54) is 0 Å². The molecule has 0 aliphatic heterocycles. The second-order valence-corrected chi connectivity index (χ2v) is 8.96. The largest absolute Gasteiger partial charge is 0.392 e. The lowest BCUT2D eigenvalue weighted by atomic mass is 10.0. The molecule has 4 nitrogen and oxygen atoms in total. The predicted molar refractivity (Wildman–Crippen MR) is 150 cm³/mol. The topological polar surface area (TPSA) is 63.9 Å². The number of aliphatic hydroxyl groups excluding tert-OH is 3. The maximum Gasteiger partial charge on any atom is 0.0681 e. The van der Waals surface area contributed by atoms with Gasteiger partial charge in [-0.25, -0.2) is 0 Å². The summed E-state index contributed by atoms with van der Waals surface area (Å²) in [7, 11) is 0. The van der Waals surface area contributed by atoms with Crippen LogP contribution in [-0.4, -0.2) is 15.3 Å². The van der Waals surface area contributed by atoms with Gasteiger partial charge in [-0.1, -0.05) is 84.9 Å². The van der Waals surface area contributed by atoms with Gasteiger partial charge in [-0.15, -0.1) is 0 Å². The normalized spacial score (nSPS) is 10.9. The highest BCUT2D eigenvalue weighted by molar-refractivity contribution is 5.79. The lowest BCUT2D eigenvalue weighted by molar-refractivity contribution is 0.281. The van der Waals surface area contributed by atoms with Gasteiger partial charge in [0.2, 0.25) is 0 Å². The van der Waals surface area contributed by atoms with E-state index in [4.69, 9.17) is 0 Å². The van der Waals surface area contributed by atoms with E-state index >= 15 is 0 Å². The standard InChI is InChI=1S/C33H29NO3/c35-21-24-1-7-27(8-2-24)29-11-17-32(18-12-29)34(31-15-5-26(23-37)6-16-31)33-19-13-30(14-20-33)28-9-3-25(22-36)4-10-28/h1-20,35-37H,21-23H2. The number of anilines is 3. The Morgan fingerprint density at radius 3 is 0.811 bits per heavy atom. The van der Waals surface area contributed by atoms with E-state index in [1.807, 2.05) is 72.8 Å². The van der Waals surface area contributed by atoms with Crippen LogP contribution in [0.25, 0.3) is 22.3 Å². The third-order valence-electron chi connectivity index (χ3n) is 6.57. The van der Waals surface area contributed by atoms with Crippen LogP contribution in [0.4, 0.5) is 17.1 Å². The van der Waals surface area contributed by atoms with Gasteiger partial charge in [-0.2, -0.15) is 0 Å².